The zero-order chi connectivity index (χ0) is 20.7. The highest BCUT2D eigenvalue weighted by atomic mass is 16.5. The van der Waals surface area contributed by atoms with E-state index in [0.29, 0.717) is 30.8 Å². The van der Waals surface area contributed by atoms with E-state index in [1.807, 2.05) is 11.6 Å². The summed E-state index contributed by atoms with van der Waals surface area (Å²) < 4.78 is 7.56. The fraction of sp³-hybridized carbons (Fsp3) is 0.818. The number of rotatable bonds is 10. The van der Waals surface area contributed by atoms with Gasteiger partial charge >= 0.3 is 0 Å². The van der Waals surface area contributed by atoms with E-state index >= 15 is 0 Å². The van der Waals surface area contributed by atoms with Crippen LogP contribution in [0.25, 0.3) is 0 Å². The molecule has 0 saturated carbocycles. The smallest absolute Gasteiger partial charge is 0.224 e. The Kier molecular flexibility index (Phi) is 8.96. The van der Waals surface area contributed by atoms with Gasteiger partial charge in [0, 0.05) is 43.5 Å². The molecule has 1 aliphatic rings. The van der Waals surface area contributed by atoms with Crippen LogP contribution in [0.15, 0.2) is 0 Å². The van der Waals surface area contributed by atoms with Crippen LogP contribution in [0.5, 0.6) is 0 Å². The van der Waals surface area contributed by atoms with Crippen molar-refractivity contribution in [3.05, 3.63) is 17.0 Å². The Balaban J connectivity index is 1.99. The summed E-state index contributed by atoms with van der Waals surface area (Å²) in [5.41, 5.74) is 3.16. The van der Waals surface area contributed by atoms with E-state index in [1.165, 1.54) is 0 Å². The molecule has 2 rings (SSSR count). The standard InChI is InChI=1S/C22H40N4O2/c1-7-19(8-2)21(25-9-11-28-12-10-25)14-23-22(27)13-20-17(5)24-26(18(20)6)15-16(3)4/h16,19,21H,7-15H2,1-6H3,(H,23,27). The predicted molar refractivity (Wildman–Crippen MR) is 114 cm³/mol. The van der Waals surface area contributed by atoms with Crippen molar-refractivity contribution < 1.29 is 9.53 Å². The predicted octanol–water partition coefficient (Wildman–Crippen LogP) is 2.95. The van der Waals surface area contributed by atoms with E-state index in [-0.39, 0.29) is 5.91 Å². The maximum Gasteiger partial charge on any atom is 0.224 e. The molecular formula is C22H40N4O2. The minimum atomic E-state index is 0.0968. The number of morpholine rings is 1. The van der Waals surface area contributed by atoms with Crippen LogP contribution in [-0.4, -0.2) is 59.5 Å². The van der Waals surface area contributed by atoms with E-state index in [1.54, 1.807) is 0 Å². The third-order valence-electron chi connectivity index (χ3n) is 6.02. The Morgan fingerprint density at radius 3 is 2.39 bits per heavy atom. The average Bonchev–Trinajstić information content (AvgIpc) is 2.92. The molecule has 0 aliphatic carbocycles. The number of amides is 1. The number of nitrogens with zero attached hydrogens (tertiary/aromatic N) is 3. The van der Waals surface area contributed by atoms with E-state index in [4.69, 9.17) is 4.74 Å². The highest BCUT2D eigenvalue weighted by Gasteiger charge is 2.27. The number of hydrogen-bond acceptors (Lipinski definition) is 4. The second-order valence-electron chi connectivity index (χ2n) is 8.50. The molecule has 28 heavy (non-hydrogen) atoms. The monoisotopic (exact) mass is 392 g/mol. The van der Waals surface area contributed by atoms with Crippen LogP contribution >= 0.6 is 0 Å². The molecule has 6 heteroatoms. The molecular weight excluding hydrogens is 352 g/mol. The van der Waals surface area contributed by atoms with Gasteiger partial charge in [0.2, 0.25) is 5.91 Å². The fourth-order valence-corrected chi connectivity index (χ4v) is 4.29. The van der Waals surface area contributed by atoms with Crippen molar-refractivity contribution >= 4 is 5.91 Å². The largest absolute Gasteiger partial charge is 0.379 e. The minimum Gasteiger partial charge on any atom is -0.379 e. The van der Waals surface area contributed by atoms with Crippen molar-refractivity contribution in [3.8, 4) is 0 Å². The Hall–Kier alpha value is -1.40. The molecule has 1 unspecified atom stereocenters. The van der Waals surface area contributed by atoms with Crippen LogP contribution in [0.3, 0.4) is 0 Å². The van der Waals surface area contributed by atoms with Crippen LogP contribution in [0.1, 0.15) is 57.5 Å². The van der Waals surface area contributed by atoms with Gasteiger partial charge in [-0.3, -0.25) is 14.4 Å². The molecule has 1 aromatic heterocycles. The molecule has 1 atom stereocenters. The van der Waals surface area contributed by atoms with Gasteiger partial charge in [-0.25, -0.2) is 0 Å². The number of aromatic nitrogens is 2. The second kappa shape index (κ2) is 11.0. The van der Waals surface area contributed by atoms with Crippen molar-refractivity contribution in [3.63, 3.8) is 0 Å². The quantitative estimate of drug-likeness (QED) is 0.665. The fourth-order valence-electron chi connectivity index (χ4n) is 4.29. The van der Waals surface area contributed by atoms with E-state index in [0.717, 1.165) is 62.6 Å². The van der Waals surface area contributed by atoms with Gasteiger partial charge in [0.25, 0.3) is 0 Å². The summed E-state index contributed by atoms with van der Waals surface area (Å²) in [6, 6.07) is 0.383. The van der Waals surface area contributed by atoms with Gasteiger partial charge in [-0.05, 0) is 25.7 Å². The maximum absolute atomic E-state index is 12.7. The molecule has 160 valence electrons. The molecule has 0 radical (unpaired) electrons. The van der Waals surface area contributed by atoms with Gasteiger partial charge < -0.3 is 10.1 Å². The molecule has 2 heterocycles. The van der Waals surface area contributed by atoms with Gasteiger partial charge in [-0.15, -0.1) is 0 Å². The van der Waals surface area contributed by atoms with E-state index in [2.05, 4.69) is 49.9 Å². The molecule has 6 nitrogen and oxygen atoms in total. The topological polar surface area (TPSA) is 59.4 Å². The van der Waals surface area contributed by atoms with Crippen molar-refractivity contribution in [2.45, 2.75) is 73.4 Å². The number of aryl methyl sites for hydroxylation is 1. The molecule has 1 aromatic rings. The molecule has 1 N–H and O–H groups in total. The SMILES string of the molecule is CCC(CC)C(CNC(=O)Cc1c(C)nn(CC(C)C)c1C)N1CCOCC1. The van der Waals surface area contributed by atoms with Gasteiger partial charge in [-0.2, -0.15) is 5.10 Å². The molecule has 1 aliphatic heterocycles. The summed E-state index contributed by atoms with van der Waals surface area (Å²) in [6.07, 6.45) is 2.68. The van der Waals surface area contributed by atoms with Gasteiger partial charge in [0.15, 0.2) is 0 Å². The number of carbonyl (C=O) groups excluding carboxylic acids is 1. The van der Waals surface area contributed by atoms with Gasteiger partial charge in [0.05, 0.1) is 25.3 Å². The van der Waals surface area contributed by atoms with Crippen LogP contribution in [0, 0.1) is 25.7 Å². The van der Waals surface area contributed by atoms with Crippen molar-refractivity contribution in [1.82, 2.24) is 20.0 Å². The average molecular weight is 393 g/mol. The lowest BCUT2D eigenvalue weighted by Gasteiger charge is -2.38. The summed E-state index contributed by atoms with van der Waals surface area (Å²) in [5, 5.41) is 7.87. The first-order chi connectivity index (χ1) is 13.4. The first-order valence-electron chi connectivity index (χ1n) is 11.0. The summed E-state index contributed by atoms with van der Waals surface area (Å²) >= 11 is 0. The summed E-state index contributed by atoms with van der Waals surface area (Å²) in [5.74, 6) is 1.23. The Morgan fingerprint density at radius 1 is 1.18 bits per heavy atom. The summed E-state index contributed by atoms with van der Waals surface area (Å²) in [4.78, 5) is 15.2. The number of nitrogens with one attached hydrogen (secondary N) is 1. The van der Waals surface area contributed by atoms with Crippen LogP contribution in [-0.2, 0) is 22.5 Å². The maximum atomic E-state index is 12.7. The Bertz CT molecular complexity index is 616. The minimum absolute atomic E-state index is 0.0968. The number of carbonyl (C=O) groups is 1. The van der Waals surface area contributed by atoms with Crippen molar-refractivity contribution in [1.29, 1.82) is 0 Å². The van der Waals surface area contributed by atoms with Crippen molar-refractivity contribution in [2.24, 2.45) is 11.8 Å². The zero-order valence-corrected chi connectivity index (χ0v) is 18.8. The highest BCUT2D eigenvalue weighted by Crippen LogP contribution is 2.20. The van der Waals surface area contributed by atoms with Crippen LogP contribution in [0.2, 0.25) is 0 Å². The van der Waals surface area contributed by atoms with E-state index in [9.17, 15) is 4.79 Å². The summed E-state index contributed by atoms with van der Waals surface area (Å²) in [7, 11) is 0. The Morgan fingerprint density at radius 2 is 1.82 bits per heavy atom. The second-order valence-corrected chi connectivity index (χ2v) is 8.50. The normalized spacial score (nSPS) is 16.7. The molecule has 0 bridgehead atoms. The first-order valence-corrected chi connectivity index (χ1v) is 11.0. The van der Waals surface area contributed by atoms with Crippen LogP contribution in [0.4, 0.5) is 0 Å². The zero-order valence-electron chi connectivity index (χ0n) is 18.8. The molecule has 0 aromatic carbocycles. The molecule has 1 saturated heterocycles. The highest BCUT2D eigenvalue weighted by molar-refractivity contribution is 5.79. The lowest BCUT2D eigenvalue weighted by atomic mass is 9.92. The number of ether oxygens (including phenoxy) is 1. The third kappa shape index (κ3) is 6.05. The lowest BCUT2D eigenvalue weighted by molar-refractivity contribution is -0.121. The third-order valence-corrected chi connectivity index (χ3v) is 6.02. The molecule has 1 fully saturated rings. The van der Waals surface area contributed by atoms with Gasteiger partial charge in [-0.1, -0.05) is 40.5 Å². The van der Waals surface area contributed by atoms with Gasteiger partial charge in [0.1, 0.15) is 0 Å². The Labute approximate surface area is 171 Å². The molecule has 1 amide bonds. The molecule has 0 spiro atoms. The first kappa shape index (κ1) is 22.9. The summed E-state index contributed by atoms with van der Waals surface area (Å²) in [6.45, 7) is 18.0. The lowest BCUT2D eigenvalue weighted by Crippen LogP contribution is -2.52. The number of hydrogen-bond donors (Lipinski definition) is 1. The van der Waals surface area contributed by atoms with Crippen LogP contribution < -0.4 is 5.32 Å². The van der Waals surface area contributed by atoms with Crippen molar-refractivity contribution in [2.75, 3.05) is 32.8 Å². The van der Waals surface area contributed by atoms with E-state index < -0.39 is 0 Å².